The SMILES string of the molecule is COc1ccc2ncc(F)c(C(N)CCC3CCN(CCSc4cc(F)ccc4F)CC3CC(=O)O)c2c1. The Hall–Kier alpha value is -2.82. The Kier molecular flexibility index (Phi) is 9.51. The Morgan fingerprint density at radius 3 is 2.79 bits per heavy atom. The minimum Gasteiger partial charge on any atom is -0.497 e. The summed E-state index contributed by atoms with van der Waals surface area (Å²) in [5.74, 6) is -1.06. The molecule has 6 nitrogen and oxygen atoms in total. The number of hydrogen-bond acceptors (Lipinski definition) is 6. The lowest BCUT2D eigenvalue weighted by atomic mass is 9.79. The number of hydrogen-bond donors (Lipinski definition) is 2. The van der Waals surface area contributed by atoms with E-state index in [2.05, 4.69) is 9.88 Å². The summed E-state index contributed by atoms with van der Waals surface area (Å²) in [6.45, 7) is 2.01. The minimum absolute atomic E-state index is 0.0336. The van der Waals surface area contributed by atoms with Gasteiger partial charge in [-0.25, -0.2) is 13.2 Å². The van der Waals surface area contributed by atoms with Crippen LogP contribution < -0.4 is 10.5 Å². The van der Waals surface area contributed by atoms with Crippen LogP contribution in [0.5, 0.6) is 5.75 Å². The summed E-state index contributed by atoms with van der Waals surface area (Å²) >= 11 is 1.25. The number of pyridine rings is 1. The number of aliphatic carboxylic acids is 1. The molecule has 1 aromatic heterocycles. The van der Waals surface area contributed by atoms with Gasteiger partial charge in [-0.05, 0) is 74.0 Å². The van der Waals surface area contributed by atoms with E-state index in [4.69, 9.17) is 10.5 Å². The number of methoxy groups -OCH3 is 1. The van der Waals surface area contributed by atoms with Crippen molar-refractivity contribution in [2.75, 3.05) is 32.5 Å². The molecular weight excluding hydrogens is 515 g/mol. The van der Waals surface area contributed by atoms with Gasteiger partial charge in [0.2, 0.25) is 0 Å². The Morgan fingerprint density at radius 2 is 2.03 bits per heavy atom. The minimum atomic E-state index is -0.861. The van der Waals surface area contributed by atoms with Crippen molar-refractivity contribution in [2.45, 2.75) is 36.6 Å². The molecule has 1 aliphatic heterocycles. The second-order valence-corrected chi connectivity index (χ2v) is 10.9. The van der Waals surface area contributed by atoms with Crippen LogP contribution in [0.3, 0.4) is 0 Å². The third kappa shape index (κ3) is 6.98. The van der Waals surface area contributed by atoms with Gasteiger partial charge in [-0.3, -0.25) is 9.78 Å². The standard InChI is InChI=1S/C28H32F3N3O3S/c1-37-20-4-7-25-21(14-20)28(23(31)15-33-25)24(32)6-2-17-8-9-34(16-18(17)12-27(35)36)10-11-38-26-13-19(29)3-5-22(26)30/h3-5,7,13-15,17-18,24H,2,6,8-12,16,32H2,1H3,(H,35,36). The molecule has 0 bridgehead atoms. The van der Waals surface area contributed by atoms with Crippen molar-refractivity contribution in [2.24, 2.45) is 17.6 Å². The average Bonchev–Trinajstić information content (AvgIpc) is 2.89. The summed E-state index contributed by atoms with van der Waals surface area (Å²) in [5, 5.41) is 10.1. The molecule has 1 aliphatic rings. The normalized spacial score (nSPS) is 19.0. The first kappa shape index (κ1) is 28.2. The predicted octanol–water partition coefficient (Wildman–Crippen LogP) is 5.65. The van der Waals surface area contributed by atoms with Gasteiger partial charge in [0, 0.05) is 47.2 Å². The third-order valence-corrected chi connectivity index (χ3v) is 8.27. The van der Waals surface area contributed by atoms with Crippen molar-refractivity contribution < 1.29 is 27.8 Å². The summed E-state index contributed by atoms with van der Waals surface area (Å²) in [7, 11) is 1.54. The van der Waals surface area contributed by atoms with Gasteiger partial charge in [0.1, 0.15) is 23.2 Å². The van der Waals surface area contributed by atoms with E-state index in [9.17, 15) is 23.1 Å². The van der Waals surface area contributed by atoms with Crippen LogP contribution in [0.4, 0.5) is 13.2 Å². The molecular formula is C28H32F3N3O3S. The number of piperidine rings is 1. The van der Waals surface area contributed by atoms with Crippen LogP contribution >= 0.6 is 11.8 Å². The Balaban J connectivity index is 1.38. The van der Waals surface area contributed by atoms with Gasteiger partial charge in [0.15, 0.2) is 0 Å². The van der Waals surface area contributed by atoms with Crippen molar-refractivity contribution in [1.29, 1.82) is 0 Å². The zero-order valence-electron chi connectivity index (χ0n) is 21.2. The lowest BCUT2D eigenvalue weighted by molar-refractivity contribution is -0.139. The maximum atomic E-state index is 14.8. The van der Waals surface area contributed by atoms with Crippen molar-refractivity contribution >= 4 is 28.6 Å². The average molecular weight is 548 g/mol. The number of carboxylic acid groups (broad SMARTS) is 1. The highest BCUT2D eigenvalue weighted by Gasteiger charge is 2.31. The van der Waals surface area contributed by atoms with Crippen molar-refractivity contribution in [1.82, 2.24) is 9.88 Å². The molecule has 0 amide bonds. The van der Waals surface area contributed by atoms with Gasteiger partial charge >= 0.3 is 5.97 Å². The monoisotopic (exact) mass is 547 g/mol. The molecule has 0 spiro atoms. The van der Waals surface area contributed by atoms with Crippen LogP contribution in [0.2, 0.25) is 0 Å². The number of fused-ring (bicyclic) bond motifs is 1. The summed E-state index contributed by atoms with van der Waals surface area (Å²) in [6, 6.07) is 8.09. The van der Waals surface area contributed by atoms with Gasteiger partial charge in [-0.15, -0.1) is 11.8 Å². The van der Waals surface area contributed by atoms with Crippen LogP contribution in [0.25, 0.3) is 10.9 Å². The lowest BCUT2D eigenvalue weighted by Crippen LogP contribution is -2.42. The van der Waals surface area contributed by atoms with Crippen molar-refractivity contribution in [3.8, 4) is 5.75 Å². The highest BCUT2D eigenvalue weighted by molar-refractivity contribution is 7.99. The summed E-state index contributed by atoms with van der Waals surface area (Å²) in [4.78, 5) is 18.2. The maximum absolute atomic E-state index is 14.8. The predicted molar refractivity (Wildman–Crippen MR) is 142 cm³/mol. The van der Waals surface area contributed by atoms with Crippen LogP contribution in [-0.2, 0) is 4.79 Å². The number of aromatic nitrogens is 1. The van der Waals surface area contributed by atoms with Crippen molar-refractivity contribution in [3.05, 3.63) is 65.6 Å². The Bertz CT molecular complexity index is 1280. The van der Waals surface area contributed by atoms with Gasteiger partial charge in [0.05, 0.1) is 18.8 Å². The molecule has 4 rings (SSSR count). The fourth-order valence-electron chi connectivity index (χ4n) is 5.28. The highest BCUT2D eigenvalue weighted by Crippen LogP contribution is 2.35. The highest BCUT2D eigenvalue weighted by atomic mass is 32.2. The van der Waals surface area contributed by atoms with E-state index in [1.54, 1.807) is 25.3 Å². The topological polar surface area (TPSA) is 88.7 Å². The largest absolute Gasteiger partial charge is 0.497 e. The lowest BCUT2D eigenvalue weighted by Gasteiger charge is -2.38. The summed E-state index contributed by atoms with van der Waals surface area (Å²) in [5.41, 5.74) is 7.51. The first-order valence-corrected chi connectivity index (χ1v) is 13.6. The van der Waals surface area contributed by atoms with E-state index in [0.717, 1.165) is 25.1 Å². The number of nitrogens with zero attached hydrogens (tertiary/aromatic N) is 2. The number of thioether (sulfide) groups is 1. The smallest absolute Gasteiger partial charge is 0.303 e. The molecule has 204 valence electrons. The second-order valence-electron chi connectivity index (χ2n) is 9.72. The Labute approximate surface area is 224 Å². The quantitative estimate of drug-likeness (QED) is 0.300. The van der Waals surface area contributed by atoms with E-state index >= 15 is 0 Å². The van der Waals surface area contributed by atoms with Gasteiger partial charge in [-0.2, -0.15) is 0 Å². The molecule has 2 aromatic carbocycles. The van der Waals surface area contributed by atoms with Crippen LogP contribution in [0.1, 0.15) is 37.3 Å². The molecule has 2 heterocycles. The maximum Gasteiger partial charge on any atom is 0.303 e. The first-order valence-electron chi connectivity index (χ1n) is 12.6. The zero-order valence-corrected chi connectivity index (χ0v) is 22.0. The fourth-order valence-corrected chi connectivity index (χ4v) is 6.25. The van der Waals surface area contributed by atoms with Crippen LogP contribution in [-0.4, -0.2) is 53.5 Å². The van der Waals surface area contributed by atoms with Gasteiger partial charge in [-0.1, -0.05) is 0 Å². The number of ether oxygens (including phenoxy) is 1. The number of nitrogens with two attached hydrogens (primary N) is 1. The van der Waals surface area contributed by atoms with E-state index in [0.29, 0.717) is 53.9 Å². The zero-order chi connectivity index (χ0) is 27.2. The van der Waals surface area contributed by atoms with Crippen LogP contribution in [0, 0.1) is 29.3 Å². The third-order valence-electron chi connectivity index (χ3n) is 7.26. The molecule has 1 fully saturated rings. The summed E-state index contributed by atoms with van der Waals surface area (Å²) in [6.07, 6.45) is 3.18. The number of likely N-dealkylation sites (tertiary alicyclic amines) is 1. The molecule has 0 aliphatic carbocycles. The molecule has 38 heavy (non-hydrogen) atoms. The number of rotatable bonds is 11. The summed E-state index contributed by atoms with van der Waals surface area (Å²) < 4.78 is 47.5. The molecule has 3 unspecified atom stereocenters. The number of benzene rings is 2. The van der Waals surface area contributed by atoms with Gasteiger partial charge in [0.25, 0.3) is 0 Å². The van der Waals surface area contributed by atoms with Crippen molar-refractivity contribution in [3.63, 3.8) is 0 Å². The molecule has 10 heteroatoms. The van der Waals surface area contributed by atoms with E-state index in [1.165, 1.54) is 24.0 Å². The molecule has 0 radical (unpaired) electrons. The molecule has 3 N–H and O–H groups in total. The first-order chi connectivity index (χ1) is 18.2. The van der Waals surface area contributed by atoms with Gasteiger partial charge < -0.3 is 20.5 Å². The fraction of sp³-hybridized carbons (Fsp3) is 0.429. The molecule has 3 aromatic rings. The van der Waals surface area contributed by atoms with E-state index < -0.39 is 29.5 Å². The molecule has 3 atom stereocenters. The second kappa shape index (κ2) is 12.8. The number of carboxylic acids is 1. The molecule has 1 saturated heterocycles. The number of halogens is 3. The number of carbonyl (C=O) groups is 1. The Morgan fingerprint density at radius 1 is 1.21 bits per heavy atom. The molecule has 0 saturated carbocycles. The van der Waals surface area contributed by atoms with Crippen LogP contribution in [0.15, 0.2) is 47.5 Å². The van der Waals surface area contributed by atoms with E-state index in [-0.39, 0.29) is 23.2 Å². The van der Waals surface area contributed by atoms with E-state index in [1.807, 2.05) is 0 Å².